The highest BCUT2D eigenvalue weighted by Crippen LogP contribution is 2.33. The zero-order valence-electron chi connectivity index (χ0n) is 24.0. The van der Waals surface area contributed by atoms with Gasteiger partial charge in [-0.15, -0.1) is 47.4 Å². The first-order valence-corrected chi connectivity index (χ1v) is 11.0. The van der Waals surface area contributed by atoms with Crippen molar-refractivity contribution in [3.8, 4) is 47.4 Å². The van der Waals surface area contributed by atoms with Crippen molar-refractivity contribution < 1.29 is 0 Å². The predicted molar refractivity (Wildman–Crippen MR) is 150 cm³/mol. The smallest absolute Gasteiger partial charge is 0.00271 e. The van der Waals surface area contributed by atoms with Gasteiger partial charge in [0, 0.05) is 0 Å². The van der Waals surface area contributed by atoms with E-state index in [-0.39, 0.29) is 0 Å². The van der Waals surface area contributed by atoms with Crippen LogP contribution in [0, 0.1) is 47.4 Å². The molecule has 0 amide bonds. The second kappa shape index (κ2) is 24.5. The predicted octanol–water partition coefficient (Wildman–Crippen LogP) is 9.46. The van der Waals surface area contributed by atoms with E-state index in [4.69, 9.17) is 0 Å². The number of hydrogen-bond acceptors (Lipinski definition) is 0. The number of rotatable bonds is 0. The molecule has 32 heavy (non-hydrogen) atoms. The van der Waals surface area contributed by atoms with Crippen LogP contribution < -0.4 is 0 Å². The maximum Gasteiger partial charge on any atom is -0.00271 e. The molecule has 0 saturated carbocycles. The SMILES string of the molecule is CC#CC.CC#CC.CC#CC.CC#CC.CC1=C(C)/C(C)=C(C)\C(C)=C(\C)C(C)=C1C. The number of hydrogen-bond donors (Lipinski definition) is 0. The molecule has 0 aliphatic heterocycles. The Morgan fingerprint density at radius 1 is 0.219 bits per heavy atom. The third-order valence-electron chi connectivity index (χ3n) is 5.50. The van der Waals surface area contributed by atoms with Gasteiger partial charge in [0.2, 0.25) is 0 Å². The summed E-state index contributed by atoms with van der Waals surface area (Å²) in [6.45, 7) is 32.4. The van der Waals surface area contributed by atoms with Crippen LogP contribution in [-0.2, 0) is 0 Å². The Morgan fingerprint density at radius 3 is 0.312 bits per heavy atom. The maximum atomic E-state index is 2.68. The third-order valence-corrected chi connectivity index (χ3v) is 5.50. The second-order valence-corrected chi connectivity index (χ2v) is 7.00. The molecule has 0 aromatic rings. The maximum absolute atomic E-state index is 2.68. The van der Waals surface area contributed by atoms with E-state index in [1.807, 2.05) is 55.4 Å². The minimum Gasteiger partial charge on any atom is -0.107 e. The first-order valence-electron chi connectivity index (χ1n) is 11.0. The lowest BCUT2D eigenvalue weighted by molar-refractivity contribution is 1.10. The quantitative estimate of drug-likeness (QED) is 0.334. The Kier molecular flexibility index (Phi) is 28.0. The third kappa shape index (κ3) is 16.9. The molecule has 176 valence electrons. The van der Waals surface area contributed by atoms with Gasteiger partial charge in [0.15, 0.2) is 0 Å². The van der Waals surface area contributed by atoms with Gasteiger partial charge in [-0.25, -0.2) is 0 Å². The van der Waals surface area contributed by atoms with Gasteiger partial charge in [-0.05, 0) is 155 Å². The van der Waals surface area contributed by atoms with Crippen LogP contribution >= 0.6 is 0 Å². The first kappa shape index (κ1) is 36.6. The lowest BCUT2D eigenvalue weighted by Gasteiger charge is -2.21. The van der Waals surface area contributed by atoms with Gasteiger partial charge in [0.1, 0.15) is 0 Å². The summed E-state index contributed by atoms with van der Waals surface area (Å²) in [5.74, 6) is 21.4. The van der Waals surface area contributed by atoms with Crippen LogP contribution in [0.25, 0.3) is 0 Å². The van der Waals surface area contributed by atoms with E-state index < -0.39 is 0 Å². The van der Waals surface area contributed by atoms with Crippen LogP contribution in [0.4, 0.5) is 0 Å². The molecule has 1 aliphatic rings. The number of allylic oxidation sites excluding steroid dienone is 8. The van der Waals surface area contributed by atoms with Gasteiger partial charge >= 0.3 is 0 Å². The zero-order chi connectivity index (χ0) is 26.3. The fourth-order valence-corrected chi connectivity index (χ4v) is 2.25. The molecule has 0 nitrogen and oxygen atoms in total. The van der Waals surface area contributed by atoms with Gasteiger partial charge in [-0.2, -0.15) is 0 Å². The van der Waals surface area contributed by atoms with Crippen LogP contribution in [0.2, 0.25) is 0 Å². The molecule has 0 heterocycles. The minimum absolute atomic E-state index is 1.43. The summed E-state index contributed by atoms with van der Waals surface area (Å²) in [4.78, 5) is 0. The van der Waals surface area contributed by atoms with Crippen LogP contribution in [0.5, 0.6) is 0 Å². The van der Waals surface area contributed by atoms with Crippen molar-refractivity contribution in [2.75, 3.05) is 0 Å². The van der Waals surface area contributed by atoms with Crippen molar-refractivity contribution >= 4 is 0 Å². The average Bonchev–Trinajstić information content (AvgIpc) is 2.84. The summed E-state index contributed by atoms with van der Waals surface area (Å²) in [6.07, 6.45) is 0. The van der Waals surface area contributed by atoms with Gasteiger partial charge in [-0.3, -0.25) is 0 Å². The van der Waals surface area contributed by atoms with E-state index in [0.29, 0.717) is 0 Å². The lowest BCUT2D eigenvalue weighted by atomic mass is 9.84. The Morgan fingerprint density at radius 2 is 0.281 bits per heavy atom. The molecule has 0 radical (unpaired) electrons. The molecular formula is C32H48. The van der Waals surface area contributed by atoms with E-state index in [1.165, 1.54) is 44.6 Å². The molecular weight excluding hydrogens is 384 g/mol. The van der Waals surface area contributed by atoms with Crippen molar-refractivity contribution in [2.24, 2.45) is 0 Å². The molecule has 1 aliphatic carbocycles. The summed E-state index contributed by atoms with van der Waals surface area (Å²) < 4.78 is 0. The fraction of sp³-hybridized carbons (Fsp3) is 0.500. The van der Waals surface area contributed by atoms with Crippen molar-refractivity contribution in [1.29, 1.82) is 0 Å². The molecule has 0 aromatic carbocycles. The lowest BCUT2D eigenvalue weighted by Crippen LogP contribution is -2.01. The topological polar surface area (TPSA) is 0 Å². The largest absolute Gasteiger partial charge is 0.107 e. The van der Waals surface area contributed by atoms with Crippen LogP contribution in [-0.4, -0.2) is 0 Å². The van der Waals surface area contributed by atoms with Gasteiger partial charge in [0.05, 0.1) is 0 Å². The van der Waals surface area contributed by atoms with Crippen LogP contribution in [0.3, 0.4) is 0 Å². The van der Waals surface area contributed by atoms with Crippen molar-refractivity contribution in [2.45, 2.75) is 111 Å². The minimum atomic E-state index is 1.43. The Balaban J connectivity index is -0.000000200. The zero-order valence-corrected chi connectivity index (χ0v) is 24.0. The van der Waals surface area contributed by atoms with Gasteiger partial charge in [-0.1, -0.05) is 0 Å². The molecule has 0 heteroatoms. The Labute approximate surface area is 202 Å². The van der Waals surface area contributed by atoms with Crippen molar-refractivity contribution in [1.82, 2.24) is 0 Å². The fourth-order valence-electron chi connectivity index (χ4n) is 2.25. The molecule has 0 unspecified atom stereocenters. The molecule has 0 saturated heterocycles. The Hall–Kier alpha value is -2.80. The highest BCUT2D eigenvalue weighted by atomic mass is 14.2. The monoisotopic (exact) mass is 432 g/mol. The Bertz CT molecular complexity index is 676. The molecule has 1 rings (SSSR count). The van der Waals surface area contributed by atoms with Gasteiger partial charge < -0.3 is 0 Å². The molecule has 0 fully saturated rings. The molecule has 0 atom stereocenters. The standard InChI is InChI=1S/C16H24.4C4H6/c1-9-10(2)12(4)14(6)16(8)15(7)13(5)11(9)3;4*1-3-4-2/h1-8H3;4*1-2H3/b10-9-,11-9?,12-10?,13-11-,14-12?,15-13?,16-14?,16-15?;;;;. The molecule has 0 aromatic heterocycles. The second-order valence-electron chi connectivity index (χ2n) is 7.00. The summed E-state index contributed by atoms with van der Waals surface area (Å²) in [7, 11) is 0. The summed E-state index contributed by atoms with van der Waals surface area (Å²) in [6, 6.07) is 0. The highest BCUT2D eigenvalue weighted by Gasteiger charge is 2.14. The molecule has 0 spiro atoms. The molecule has 0 bridgehead atoms. The molecule has 0 N–H and O–H groups in total. The highest BCUT2D eigenvalue weighted by molar-refractivity contribution is 5.56. The van der Waals surface area contributed by atoms with E-state index in [1.54, 1.807) is 0 Å². The van der Waals surface area contributed by atoms with Crippen molar-refractivity contribution in [3.63, 3.8) is 0 Å². The first-order chi connectivity index (χ1) is 14.9. The summed E-state index contributed by atoms with van der Waals surface area (Å²) in [5.41, 5.74) is 11.5. The summed E-state index contributed by atoms with van der Waals surface area (Å²) >= 11 is 0. The van der Waals surface area contributed by atoms with Crippen LogP contribution in [0.15, 0.2) is 44.6 Å². The van der Waals surface area contributed by atoms with E-state index in [9.17, 15) is 0 Å². The van der Waals surface area contributed by atoms with Gasteiger partial charge in [0.25, 0.3) is 0 Å². The average molecular weight is 433 g/mol. The van der Waals surface area contributed by atoms with Crippen LogP contribution in [0.1, 0.15) is 111 Å². The van der Waals surface area contributed by atoms with Crippen molar-refractivity contribution in [3.05, 3.63) is 44.6 Å². The summed E-state index contributed by atoms with van der Waals surface area (Å²) in [5, 5.41) is 0. The van der Waals surface area contributed by atoms with E-state index >= 15 is 0 Å². The normalized spacial score (nSPS) is 16.0. The van der Waals surface area contributed by atoms with E-state index in [0.717, 1.165) is 0 Å². The van der Waals surface area contributed by atoms with E-state index in [2.05, 4.69) is 103 Å².